The Morgan fingerprint density at radius 2 is 0.712 bits per heavy atom. The van der Waals surface area contributed by atoms with Gasteiger partial charge in [0.05, 0.1) is 50.2 Å². The molecule has 4 heteroatoms. The van der Waals surface area contributed by atoms with Gasteiger partial charge in [0.2, 0.25) is 0 Å². The molecule has 1 aliphatic rings. The summed E-state index contributed by atoms with van der Waals surface area (Å²) in [7, 11) is 0. The standard InChI is InChI=1S/C48H30N4/c1-2-13-31(14-3-1)51-41-22-10-11-23-42(41)52-44-30-29-43-46(47(44)37-18-12-24-45(51)48(37)52)36-17-6-9-21-40(36)50(43)33-27-25-32(26-28-33)49-38-19-7-4-15-34(38)35-16-5-8-20-39(35)49/h1-30H. The lowest BCUT2D eigenvalue weighted by molar-refractivity contribution is 1.11. The van der Waals surface area contributed by atoms with Crippen LogP contribution in [0.2, 0.25) is 0 Å². The Balaban J connectivity index is 1.12. The number of aromatic nitrogens is 3. The molecule has 0 atom stereocenters. The van der Waals surface area contributed by atoms with Crippen molar-refractivity contribution >= 4 is 82.5 Å². The van der Waals surface area contributed by atoms with E-state index in [0.29, 0.717) is 0 Å². The highest BCUT2D eigenvalue weighted by Crippen LogP contribution is 2.51. The number of hydrogen-bond donors (Lipinski definition) is 0. The van der Waals surface area contributed by atoms with Gasteiger partial charge in [0.15, 0.2) is 0 Å². The molecule has 52 heavy (non-hydrogen) atoms. The van der Waals surface area contributed by atoms with Crippen LogP contribution in [0.4, 0.5) is 17.1 Å². The van der Waals surface area contributed by atoms with Gasteiger partial charge in [-0.3, -0.25) is 0 Å². The molecule has 3 aromatic heterocycles. The van der Waals surface area contributed by atoms with Crippen molar-refractivity contribution in [3.05, 3.63) is 182 Å². The summed E-state index contributed by atoms with van der Waals surface area (Å²) in [5.74, 6) is 0. The van der Waals surface area contributed by atoms with Gasteiger partial charge in [-0.1, -0.05) is 97.1 Å². The summed E-state index contributed by atoms with van der Waals surface area (Å²) >= 11 is 0. The van der Waals surface area contributed by atoms with E-state index in [1.165, 1.54) is 82.5 Å². The highest BCUT2D eigenvalue weighted by Gasteiger charge is 2.29. The molecule has 1 aliphatic heterocycles. The Kier molecular flexibility index (Phi) is 5.47. The molecule has 4 nitrogen and oxygen atoms in total. The van der Waals surface area contributed by atoms with Crippen molar-refractivity contribution in [3.63, 3.8) is 0 Å². The van der Waals surface area contributed by atoms with Crippen molar-refractivity contribution in [1.82, 2.24) is 13.7 Å². The number of rotatable bonds is 3. The molecule has 0 fully saturated rings. The van der Waals surface area contributed by atoms with Crippen molar-refractivity contribution in [1.29, 1.82) is 0 Å². The van der Waals surface area contributed by atoms with Gasteiger partial charge in [0, 0.05) is 49.4 Å². The normalized spacial score (nSPS) is 12.6. The molecular weight excluding hydrogens is 633 g/mol. The van der Waals surface area contributed by atoms with Crippen LogP contribution < -0.4 is 4.90 Å². The fourth-order valence-corrected chi connectivity index (χ4v) is 9.08. The summed E-state index contributed by atoms with van der Waals surface area (Å²) in [5, 5.41) is 7.63. The van der Waals surface area contributed by atoms with Gasteiger partial charge in [0.25, 0.3) is 0 Å². The average Bonchev–Trinajstić information content (AvgIpc) is 3.85. The lowest BCUT2D eigenvalue weighted by Crippen LogP contribution is -2.17. The SMILES string of the molecule is c1ccc(N2c3ccccc3-n3c4ccc5c(c6ccccc6n5-c5ccc(-n6c7ccccc7c7ccccc76)cc5)c4c4cccc2c43)cc1. The molecule has 0 aliphatic carbocycles. The lowest BCUT2D eigenvalue weighted by atomic mass is 10.0. The van der Waals surface area contributed by atoms with Gasteiger partial charge in [-0.05, 0) is 84.9 Å². The van der Waals surface area contributed by atoms with Crippen LogP contribution in [0.25, 0.3) is 82.5 Å². The second-order valence-corrected chi connectivity index (χ2v) is 13.8. The first kappa shape index (κ1) is 27.7. The molecule has 0 amide bonds. The van der Waals surface area contributed by atoms with E-state index in [-0.39, 0.29) is 0 Å². The fourth-order valence-electron chi connectivity index (χ4n) is 9.08. The summed E-state index contributed by atoms with van der Waals surface area (Å²) in [6.07, 6.45) is 0. The quantitative estimate of drug-likeness (QED) is 0.184. The molecule has 0 radical (unpaired) electrons. The highest BCUT2D eigenvalue weighted by atomic mass is 15.2. The van der Waals surface area contributed by atoms with Crippen molar-refractivity contribution in [3.8, 4) is 17.1 Å². The molecule has 12 rings (SSSR count). The molecule has 0 unspecified atom stereocenters. The third-order valence-electron chi connectivity index (χ3n) is 11.1. The Morgan fingerprint density at radius 3 is 1.38 bits per heavy atom. The Hall–Kier alpha value is -7.04. The first-order valence-electron chi connectivity index (χ1n) is 17.9. The number of hydrogen-bond acceptors (Lipinski definition) is 1. The smallest absolute Gasteiger partial charge is 0.0783 e. The molecule has 0 spiro atoms. The minimum atomic E-state index is 1.14. The van der Waals surface area contributed by atoms with Gasteiger partial charge in [-0.2, -0.15) is 0 Å². The van der Waals surface area contributed by atoms with Gasteiger partial charge in [-0.15, -0.1) is 0 Å². The van der Waals surface area contributed by atoms with Crippen LogP contribution in [0.3, 0.4) is 0 Å². The van der Waals surface area contributed by atoms with E-state index in [1.54, 1.807) is 0 Å². The maximum Gasteiger partial charge on any atom is 0.0783 e. The monoisotopic (exact) mass is 662 g/mol. The number of benzene rings is 8. The number of anilines is 3. The molecule has 0 bridgehead atoms. The molecule has 8 aromatic carbocycles. The van der Waals surface area contributed by atoms with Crippen molar-refractivity contribution in [2.24, 2.45) is 0 Å². The zero-order valence-corrected chi connectivity index (χ0v) is 28.1. The third kappa shape index (κ3) is 3.55. The molecule has 242 valence electrons. The summed E-state index contributed by atoms with van der Waals surface area (Å²) in [6, 6.07) is 66.3. The Labute approximate surface area is 299 Å². The lowest BCUT2D eigenvalue weighted by Gasteiger charge is -2.33. The largest absolute Gasteiger partial charge is 0.309 e. The Bertz CT molecular complexity index is 3180. The second-order valence-electron chi connectivity index (χ2n) is 13.8. The second kappa shape index (κ2) is 10.3. The maximum atomic E-state index is 2.49. The minimum Gasteiger partial charge on any atom is -0.309 e. The first-order valence-corrected chi connectivity index (χ1v) is 17.9. The van der Waals surface area contributed by atoms with E-state index in [9.17, 15) is 0 Å². The van der Waals surface area contributed by atoms with Crippen LogP contribution in [0, 0.1) is 0 Å². The van der Waals surface area contributed by atoms with Crippen LogP contribution in [-0.4, -0.2) is 13.7 Å². The fraction of sp³-hybridized carbons (Fsp3) is 0. The molecule has 0 N–H and O–H groups in total. The van der Waals surface area contributed by atoms with E-state index >= 15 is 0 Å². The van der Waals surface area contributed by atoms with E-state index in [2.05, 4.69) is 201 Å². The van der Waals surface area contributed by atoms with Crippen molar-refractivity contribution < 1.29 is 0 Å². The van der Waals surface area contributed by atoms with Crippen LogP contribution in [0.5, 0.6) is 0 Å². The summed E-state index contributed by atoms with van der Waals surface area (Å²) in [6.45, 7) is 0. The van der Waals surface area contributed by atoms with Crippen LogP contribution in [0.15, 0.2) is 182 Å². The van der Waals surface area contributed by atoms with Crippen molar-refractivity contribution in [2.45, 2.75) is 0 Å². The van der Waals surface area contributed by atoms with E-state index in [4.69, 9.17) is 0 Å². The Morgan fingerprint density at radius 1 is 0.250 bits per heavy atom. The zero-order valence-electron chi connectivity index (χ0n) is 28.1. The molecular formula is C48H30N4. The summed E-state index contributed by atoms with van der Waals surface area (Å²) in [5.41, 5.74) is 14.3. The number of nitrogens with zero attached hydrogens (tertiary/aromatic N) is 4. The van der Waals surface area contributed by atoms with Crippen LogP contribution in [0.1, 0.15) is 0 Å². The summed E-state index contributed by atoms with van der Waals surface area (Å²) < 4.78 is 7.31. The average molecular weight is 663 g/mol. The third-order valence-corrected chi connectivity index (χ3v) is 11.1. The van der Waals surface area contributed by atoms with E-state index < -0.39 is 0 Å². The van der Waals surface area contributed by atoms with Gasteiger partial charge in [0.1, 0.15) is 0 Å². The zero-order chi connectivity index (χ0) is 33.9. The predicted molar refractivity (Wildman–Crippen MR) is 218 cm³/mol. The molecule has 0 saturated carbocycles. The van der Waals surface area contributed by atoms with E-state index in [0.717, 1.165) is 17.1 Å². The van der Waals surface area contributed by atoms with Gasteiger partial charge in [-0.25, -0.2) is 0 Å². The van der Waals surface area contributed by atoms with E-state index in [1.807, 2.05) is 0 Å². The minimum absolute atomic E-state index is 1.14. The van der Waals surface area contributed by atoms with Crippen LogP contribution >= 0.6 is 0 Å². The number of para-hydroxylation sites is 7. The van der Waals surface area contributed by atoms with Gasteiger partial charge < -0.3 is 18.6 Å². The van der Waals surface area contributed by atoms with Crippen LogP contribution in [-0.2, 0) is 0 Å². The van der Waals surface area contributed by atoms with Gasteiger partial charge >= 0.3 is 0 Å². The summed E-state index contributed by atoms with van der Waals surface area (Å²) in [4.78, 5) is 2.41. The predicted octanol–water partition coefficient (Wildman–Crippen LogP) is 12.8. The molecule has 11 aromatic rings. The first-order chi connectivity index (χ1) is 25.8. The molecule has 0 saturated heterocycles. The topological polar surface area (TPSA) is 18.0 Å². The van der Waals surface area contributed by atoms with Crippen molar-refractivity contribution in [2.75, 3.05) is 4.90 Å². The number of fused-ring (bicyclic) bond motifs is 12. The maximum absolute atomic E-state index is 2.49. The molecule has 4 heterocycles. The highest BCUT2D eigenvalue weighted by molar-refractivity contribution is 6.30.